The molecule has 1 aliphatic rings. The minimum absolute atomic E-state index is 0. The van der Waals surface area contributed by atoms with Crippen molar-refractivity contribution in [2.24, 2.45) is 17.6 Å². The summed E-state index contributed by atoms with van der Waals surface area (Å²) in [5.74, 6) is 2.45. The second-order valence-electron chi connectivity index (χ2n) is 5.41. The number of hydrogen-bond acceptors (Lipinski definition) is 3. The van der Waals surface area contributed by atoms with E-state index >= 15 is 0 Å². The maximum Gasteiger partial charge on any atom is 0.239 e. The van der Waals surface area contributed by atoms with E-state index in [9.17, 15) is 4.79 Å². The van der Waals surface area contributed by atoms with Gasteiger partial charge in [-0.3, -0.25) is 4.79 Å². The molecule has 3 atom stereocenters. The summed E-state index contributed by atoms with van der Waals surface area (Å²) < 4.78 is 0. The third-order valence-electron chi connectivity index (χ3n) is 3.49. The van der Waals surface area contributed by atoms with Crippen LogP contribution >= 0.6 is 24.2 Å². The Kier molecular flexibility index (Phi) is 9.09. The number of rotatable bonds is 4. The minimum Gasteiger partial charge on any atom is -0.341 e. The zero-order chi connectivity index (χ0) is 12.8. The first-order chi connectivity index (χ1) is 8.04. The van der Waals surface area contributed by atoms with E-state index < -0.39 is 0 Å². The zero-order valence-corrected chi connectivity index (χ0v) is 13.4. The van der Waals surface area contributed by atoms with Crippen LogP contribution in [0.1, 0.15) is 33.1 Å². The lowest BCUT2D eigenvalue weighted by atomic mass is 9.97. The van der Waals surface area contributed by atoms with Crippen LogP contribution in [0, 0.1) is 11.8 Å². The van der Waals surface area contributed by atoms with Gasteiger partial charge in [0.05, 0.1) is 6.04 Å². The van der Waals surface area contributed by atoms with E-state index in [1.165, 1.54) is 6.42 Å². The number of likely N-dealkylation sites (tertiary alicyclic amines) is 1. The number of hydrogen-bond donors (Lipinski definition) is 1. The third-order valence-corrected chi connectivity index (χ3v) is 4.13. The minimum atomic E-state index is -0.303. The summed E-state index contributed by atoms with van der Waals surface area (Å²) in [4.78, 5) is 14.2. The van der Waals surface area contributed by atoms with E-state index in [1.54, 1.807) is 11.8 Å². The number of amides is 1. The van der Waals surface area contributed by atoms with Gasteiger partial charge in [-0.2, -0.15) is 11.8 Å². The average molecular weight is 295 g/mol. The van der Waals surface area contributed by atoms with Gasteiger partial charge in [0.25, 0.3) is 0 Å². The van der Waals surface area contributed by atoms with Gasteiger partial charge in [-0.1, -0.05) is 13.8 Å². The molecule has 0 saturated carbocycles. The Balaban J connectivity index is 0.00000289. The van der Waals surface area contributed by atoms with Gasteiger partial charge in [-0.25, -0.2) is 0 Å². The number of halogens is 1. The lowest BCUT2D eigenvalue weighted by Crippen LogP contribution is -2.45. The maximum absolute atomic E-state index is 12.2. The molecule has 0 spiro atoms. The summed E-state index contributed by atoms with van der Waals surface area (Å²) in [5, 5.41) is 0. The Labute approximate surface area is 122 Å². The molecular formula is C13H27ClN2OS. The SMILES string of the molecule is CSCCC(N)C(=O)N1CCC(C)CC(C)C1.Cl. The fourth-order valence-corrected chi connectivity index (χ4v) is 3.02. The number of carbonyl (C=O) groups is 1. The van der Waals surface area contributed by atoms with Gasteiger partial charge in [0, 0.05) is 13.1 Å². The highest BCUT2D eigenvalue weighted by molar-refractivity contribution is 7.98. The van der Waals surface area contributed by atoms with E-state index in [2.05, 4.69) is 13.8 Å². The van der Waals surface area contributed by atoms with Crippen molar-refractivity contribution in [2.45, 2.75) is 39.2 Å². The van der Waals surface area contributed by atoms with Gasteiger partial charge in [0.1, 0.15) is 0 Å². The molecule has 2 N–H and O–H groups in total. The summed E-state index contributed by atoms with van der Waals surface area (Å²) in [6.07, 6.45) is 5.18. The second-order valence-corrected chi connectivity index (χ2v) is 6.39. The van der Waals surface area contributed by atoms with E-state index in [0.29, 0.717) is 5.92 Å². The Morgan fingerprint density at radius 1 is 1.44 bits per heavy atom. The molecule has 108 valence electrons. The summed E-state index contributed by atoms with van der Waals surface area (Å²) in [5.41, 5.74) is 5.96. The largest absolute Gasteiger partial charge is 0.341 e. The van der Waals surface area contributed by atoms with Crippen LogP contribution in [-0.2, 0) is 4.79 Å². The zero-order valence-electron chi connectivity index (χ0n) is 11.7. The van der Waals surface area contributed by atoms with Gasteiger partial charge in [-0.05, 0) is 43.1 Å². The highest BCUT2D eigenvalue weighted by Crippen LogP contribution is 2.21. The predicted molar refractivity (Wildman–Crippen MR) is 82.4 cm³/mol. The van der Waals surface area contributed by atoms with Crippen molar-refractivity contribution in [3.63, 3.8) is 0 Å². The molecule has 0 bridgehead atoms. The molecular weight excluding hydrogens is 268 g/mol. The number of nitrogens with zero attached hydrogens (tertiary/aromatic N) is 1. The van der Waals surface area contributed by atoms with Crippen molar-refractivity contribution in [3.8, 4) is 0 Å². The van der Waals surface area contributed by atoms with Crippen molar-refractivity contribution < 1.29 is 4.79 Å². The maximum atomic E-state index is 12.2. The quantitative estimate of drug-likeness (QED) is 0.866. The molecule has 1 rings (SSSR count). The smallest absolute Gasteiger partial charge is 0.239 e. The Bertz CT molecular complexity index is 253. The van der Waals surface area contributed by atoms with Crippen LogP contribution in [0.5, 0.6) is 0 Å². The van der Waals surface area contributed by atoms with Gasteiger partial charge in [0.15, 0.2) is 0 Å². The Morgan fingerprint density at radius 2 is 2.11 bits per heavy atom. The number of carbonyl (C=O) groups excluding carboxylic acids is 1. The number of thioether (sulfide) groups is 1. The van der Waals surface area contributed by atoms with Crippen LogP contribution in [0.2, 0.25) is 0 Å². The first-order valence-electron chi connectivity index (χ1n) is 6.58. The molecule has 18 heavy (non-hydrogen) atoms. The fraction of sp³-hybridized carbons (Fsp3) is 0.923. The monoisotopic (exact) mass is 294 g/mol. The Hall–Kier alpha value is 0.0700. The van der Waals surface area contributed by atoms with Crippen molar-refractivity contribution in [3.05, 3.63) is 0 Å². The van der Waals surface area contributed by atoms with Crippen LogP contribution in [-0.4, -0.2) is 41.9 Å². The highest BCUT2D eigenvalue weighted by atomic mass is 35.5. The van der Waals surface area contributed by atoms with Crippen molar-refractivity contribution in [1.29, 1.82) is 0 Å². The molecule has 3 nitrogen and oxygen atoms in total. The van der Waals surface area contributed by atoms with Crippen LogP contribution in [0.3, 0.4) is 0 Å². The summed E-state index contributed by atoms with van der Waals surface area (Å²) in [6, 6.07) is -0.303. The molecule has 5 heteroatoms. The molecule has 0 aromatic rings. The molecule has 1 amide bonds. The summed E-state index contributed by atoms with van der Waals surface area (Å²) >= 11 is 1.75. The molecule has 0 aromatic carbocycles. The lowest BCUT2D eigenvalue weighted by molar-refractivity contribution is -0.133. The molecule has 1 aliphatic heterocycles. The van der Waals surface area contributed by atoms with Crippen molar-refractivity contribution in [1.82, 2.24) is 4.90 Å². The summed E-state index contributed by atoms with van der Waals surface area (Å²) in [6.45, 7) is 6.28. The van der Waals surface area contributed by atoms with Crippen LogP contribution < -0.4 is 5.73 Å². The van der Waals surface area contributed by atoms with Crippen LogP contribution in [0.25, 0.3) is 0 Å². The van der Waals surface area contributed by atoms with Crippen LogP contribution in [0.4, 0.5) is 0 Å². The molecule has 0 radical (unpaired) electrons. The van der Waals surface area contributed by atoms with Gasteiger partial charge in [-0.15, -0.1) is 12.4 Å². The predicted octanol–water partition coefficient (Wildman–Crippen LogP) is 2.38. The first kappa shape index (κ1) is 18.1. The molecule has 1 fully saturated rings. The number of nitrogens with two attached hydrogens (primary N) is 1. The average Bonchev–Trinajstić information content (AvgIpc) is 2.46. The van der Waals surface area contributed by atoms with E-state index in [0.717, 1.165) is 37.6 Å². The van der Waals surface area contributed by atoms with Gasteiger partial charge in [0.2, 0.25) is 5.91 Å². The first-order valence-corrected chi connectivity index (χ1v) is 7.97. The molecule has 0 aromatic heterocycles. The van der Waals surface area contributed by atoms with E-state index in [-0.39, 0.29) is 24.4 Å². The Morgan fingerprint density at radius 3 is 2.72 bits per heavy atom. The van der Waals surface area contributed by atoms with Crippen LogP contribution in [0.15, 0.2) is 0 Å². The summed E-state index contributed by atoms with van der Waals surface area (Å²) in [7, 11) is 0. The fourth-order valence-electron chi connectivity index (χ4n) is 2.53. The van der Waals surface area contributed by atoms with E-state index in [4.69, 9.17) is 5.73 Å². The van der Waals surface area contributed by atoms with Gasteiger partial charge < -0.3 is 10.6 Å². The molecule has 1 heterocycles. The van der Waals surface area contributed by atoms with Crippen molar-refractivity contribution in [2.75, 3.05) is 25.1 Å². The normalized spacial score (nSPS) is 26.1. The lowest BCUT2D eigenvalue weighted by Gasteiger charge is -2.25. The molecule has 1 saturated heterocycles. The van der Waals surface area contributed by atoms with Crippen molar-refractivity contribution >= 4 is 30.1 Å². The topological polar surface area (TPSA) is 46.3 Å². The molecule has 0 aliphatic carbocycles. The van der Waals surface area contributed by atoms with E-state index in [1.807, 2.05) is 11.2 Å². The van der Waals surface area contributed by atoms with Gasteiger partial charge >= 0.3 is 0 Å². The highest BCUT2D eigenvalue weighted by Gasteiger charge is 2.25. The standard InChI is InChI=1S/C13H26N2OS.ClH/c1-10-4-6-15(9-11(2)8-10)13(16)12(14)5-7-17-3;/h10-12H,4-9,14H2,1-3H3;1H. The third kappa shape index (κ3) is 5.81. The molecule has 3 unspecified atom stereocenters. The second kappa shape index (κ2) is 9.05.